The van der Waals surface area contributed by atoms with Gasteiger partial charge in [0.25, 0.3) is 5.91 Å². The number of nitrogens with zero attached hydrogens (tertiary/aromatic N) is 4. The van der Waals surface area contributed by atoms with E-state index in [1.807, 2.05) is 12.1 Å². The molecule has 0 aliphatic heterocycles. The molecule has 0 spiro atoms. The van der Waals surface area contributed by atoms with Gasteiger partial charge in [0.1, 0.15) is 5.75 Å². The molecule has 106 valence electrons. The highest BCUT2D eigenvalue weighted by atomic mass is 16.3. The highest BCUT2D eigenvalue weighted by Gasteiger charge is 2.07. The number of rotatable bonds is 4. The number of carbonyl (C=O) groups excluding carboxylic acids is 1. The molecule has 7 heteroatoms. The van der Waals surface area contributed by atoms with Crippen LogP contribution in [0.1, 0.15) is 15.9 Å². The van der Waals surface area contributed by atoms with Crippen molar-refractivity contribution in [1.29, 1.82) is 0 Å². The topological polar surface area (TPSA) is 92.4 Å². The summed E-state index contributed by atoms with van der Waals surface area (Å²) < 4.78 is 1.49. The quantitative estimate of drug-likeness (QED) is 0.739. The van der Waals surface area contributed by atoms with Gasteiger partial charge in [-0.25, -0.2) is 4.52 Å². The van der Waals surface area contributed by atoms with Crippen molar-refractivity contribution in [2.24, 2.45) is 0 Å². The Bertz CT molecular complexity index is 766. The summed E-state index contributed by atoms with van der Waals surface area (Å²) in [5.74, 6) is 0.0669. The number of hydrogen-bond acceptors (Lipinski definition) is 5. The van der Waals surface area contributed by atoms with E-state index >= 15 is 0 Å². The Labute approximate surface area is 120 Å². The van der Waals surface area contributed by atoms with Gasteiger partial charge in [0.15, 0.2) is 5.65 Å². The van der Waals surface area contributed by atoms with Crippen LogP contribution in [0.3, 0.4) is 0 Å². The van der Waals surface area contributed by atoms with E-state index in [0.29, 0.717) is 24.2 Å². The van der Waals surface area contributed by atoms with Crippen molar-refractivity contribution >= 4 is 11.6 Å². The van der Waals surface area contributed by atoms with Crippen molar-refractivity contribution in [3.63, 3.8) is 0 Å². The fourth-order valence-corrected chi connectivity index (χ4v) is 1.97. The molecule has 2 N–H and O–H groups in total. The molecule has 0 atom stereocenters. The Kier molecular flexibility index (Phi) is 3.46. The summed E-state index contributed by atoms with van der Waals surface area (Å²) in [6, 6.07) is 10.2. The second-order valence-electron chi connectivity index (χ2n) is 4.57. The molecule has 7 nitrogen and oxygen atoms in total. The van der Waals surface area contributed by atoms with Crippen molar-refractivity contribution in [3.8, 4) is 5.75 Å². The summed E-state index contributed by atoms with van der Waals surface area (Å²) in [5, 5.41) is 23.1. The maximum atomic E-state index is 12.0. The van der Waals surface area contributed by atoms with Crippen molar-refractivity contribution < 1.29 is 9.90 Å². The molecule has 1 aromatic carbocycles. The number of aromatic nitrogens is 4. The number of fused-ring (bicyclic) bond motifs is 1. The van der Waals surface area contributed by atoms with Gasteiger partial charge in [0.05, 0.1) is 0 Å². The number of benzene rings is 1. The molecule has 0 saturated carbocycles. The molecular formula is C14H13N5O2. The Hall–Kier alpha value is -2.96. The van der Waals surface area contributed by atoms with Crippen LogP contribution in [0.5, 0.6) is 5.75 Å². The lowest BCUT2D eigenvalue weighted by Gasteiger charge is -2.05. The molecule has 3 rings (SSSR count). The van der Waals surface area contributed by atoms with E-state index in [0.717, 1.165) is 5.56 Å². The zero-order valence-corrected chi connectivity index (χ0v) is 11.1. The van der Waals surface area contributed by atoms with Crippen molar-refractivity contribution in [2.75, 3.05) is 6.54 Å². The third kappa shape index (κ3) is 2.97. The Morgan fingerprint density at radius 3 is 2.86 bits per heavy atom. The van der Waals surface area contributed by atoms with Crippen LogP contribution in [0, 0.1) is 0 Å². The summed E-state index contributed by atoms with van der Waals surface area (Å²) in [6.07, 6.45) is 2.34. The van der Waals surface area contributed by atoms with E-state index < -0.39 is 0 Å². The minimum atomic E-state index is -0.167. The van der Waals surface area contributed by atoms with E-state index in [1.165, 1.54) is 4.52 Å². The summed E-state index contributed by atoms with van der Waals surface area (Å²) >= 11 is 0. The monoisotopic (exact) mass is 283 g/mol. The fraction of sp³-hybridized carbons (Fsp3) is 0.143. The largest absolute Gasteiger partial charge is 0.508 e. The molecular weight excluding hydrogens is 270 g/mol. The molecule has 0 bridgehead atoms. The standard InChI is InChI=1S/C14H13N5O2/c20-12-3-1-10(2-4-12)5-7-15-14(21)11-6-8-19-13(9-11)16-17-18-19/h1-4,6,8-9,20H,5,7H2,(H,15,21). The zero-order valence-electron chi connectivity index (χ0n) is 11.1. The second kappa shape index (κ2) is 5.58. The highest BCUT2D eigenvalue weighted by molar-refractivity contribution is 5.94. The molecule has 1 amide bonds. The molecule has 2 aromatic heterocycles. The molecule has 2 heterocycles. The van der Waals surface area contributed by atoms with Gasteiger partial charge in [0, 0.05) is 18.3 Å². The van der Waals surface area contributed by atoms with Crippen molar-refractivity contribution in [2.45, 2.75) is 6.42 Å². The third-order valence-corrected chi connectivity index (χ3v) is 3.10. The van der Waals surface area contributed by atoms with E-state index in [-0.39, 0.29) is 11.7 Å². The van der Waals surface area contributed by atoms with Crippen LogP contribution in [-0.4, -0.2) is 37.6 Å². The summed E-state index contributed by atoms with van der Waals surface area (Å²) in [5.41, 5.74) is 2.09. The summed E-state index contributed by atoms with van der Waals surface area (Å²) in [7, 11) is 0. The Morgan fingerprint density at radius 2 is 2.05 bits per heavy atom. The number of phenols is 1. The lowest BCUT2D eigenvalue weighted by atomic mass is 10.1. The maximum Gasteiger partial charge on any atom is 0.251 e. The van der Waals surface area contributed by atoms with Crippen LogP contribution >= 0.6 is 0 Å². The third-order valence-electron chi connectivity index (χ3n) is 3.10. The fourth-order valence-electron chi connectivity index (χ4n) is 1.97. The molecule has 3 aromatic rings. The van der Waals surface area contributed by atoms with E-state index in [1.54, 1.807) is 30.5 Å². The van der Waals surface area contributed by atoms with Crippen LogP contribution in [-0.2, 0) is 6.42 Å². The summed E-state index contributed by atoms with van der Waals surface area (Å²) in [4.78, 5) is 12.0. The number of tetrazole rings is 1. The van der Waals surface area contributed by atoms with Crippen LogP contribution in [0.4, 0.5) is 0 Å². The van der Waals surface area contributed by atoms with Gasteiger partial charge < -0.3 is 10.4 Å². The van der Waals surface area contributed by atoms with E-state index in [2.05, 4.69) is 20.8 Å². The van der Waals surface area contributed by atoms with Gasteiger partial charge in [-0.1, -0.05) is 12.1 Å². The molecule has 21 heavy (non-hydrogen) atoms. The number of nitrogens with one attached hydrogen (secondary N) is 1. The number of hydrogen-bond donors (Lipinski definition) is 2. The normalized spacial score (nSPS) is 10.7. The van der Waals surface area contributed by atoms with E-state index in [9.17, 15) is 9.90 Å². The molecule has 0 aliphatic carbocycles. The SMILES string of the molecule is O=C(NCCc1ccc(O)cc1)c1ccn2nnnc2c1. The average molecular weight is 283 g/mol. The minimum Gasteiger partial charge on any atom is -0.508 e. The second-order valence-corrected chi connectivity index (χ2v) is 4.57. The van der Waals surface area contributed by atoms with Gasteiger partial charge in [0.2, 0.25) is 0 Å². The molecule has 0 radical (unpaired) electrons. The molecule has 0 unspecified atom stereocenters. The van der Waals surface area contributed by atoms with Crippen molar-refractivity contribution in [3.05, 3.63) is 53.7 Å². The lowest BCUT2D eigenvalue weighted by Crippen LogP contribution is -2.25. The van der Waals surface area contributed by atoms with Crippen molar-refractivity contribution in [1.82, 2.24) is 25.4 Å². The van der Waals surface area contributed by atoms with Crippen LogP contribution in [0.25, 0.3) is 5.65 Å². The zero-order chi connectivity index (χ0) is 14.7. The molecule has 0 aliphatic rings. The number of amides is 1. The predicted octanol–water partition coefficient (Wildman–Crippen LogP) is 0.802. The van der Waals surface area contributed by atoms with Gasteiger partial charge in [-0.15, -0.1) is 5.10 Å². The average Bonchev–Trinajstić information content (AvgIpc) is 2.96. The smallest absolute Gasteiger partial charge is 0.251 e. The van der Waals surface area contributed by atoms with Crippen LogP contribution in [0.15, 0.2) is 42.6 Å². The molecule has 0 saturated heterocycles. The first-order chi connectivity index (χ1) is 10.2. The number of aromatic hydroxyl groups is 1. The van der Waals surface area contributed by atoms with Gasteiger partial charge >= 0.3 is 0 Å². The Morgan fingerprint density at radius 1 is 1.24 bits per heavy atom. The van der Waals surface area contributed by atoms with Gasteiger partial charge in [-0.2, -0.15) is 0 Å². The van der Waals surface area contributed by atoms with Crippen LogP contribution < -0.4 is 5.32 Å². The number of pyridine rings is 1. The van der Waals surface area contributed by atoms with Crippen LogP contribution in [0.2, 0.25) is 0 Å². The molecule has 0 fully saturated rings. The Balaban J connectivity index is 1.59. The minimum absolute atomic E-state index is 0.167. The first-order valence-corrected chi connectivity index (χ1v) is 6.46. The summed E-state index contributed by atoms with van der Waals surface area (Å²) in [6.45, 7) is 0.514. The first-order valence-electron chi connectivity index (χ1n) is 6.46. The number of phenolic OH excluding ortho intramolecular Hbond substituents is 1. The maximum absolute atomic E-state index is 12.0. The first kappa shape index (κ1) is 13.0. The lowest BCUT2D eigenvalue weighted by molar-refractivity contribution is 0.0954. The van der Waals surface area contributed by atoms with E-state index in [4.69, 9.17) is 0 Å². The van der Waals surface area contributed by atoms with Gasteiger partial charge in [-0.3, -0.25) is 4.79 Å². The highest BCUT2D eigenvalue weighted by Crippen LogP contribution is 2.09. The predicted molar refractivity (Wildman–Crippen MR) is 74.9 cm³/mol. The van der Waals surface area contributed by atoms with Gasteiger partial charge in [-0.05, 0) is 46.7 Å². The number of carbonyl (C=O) groups is 1.